The second-order valence-electron chi connectivity index (χ2n) is 13.6. The maximum Gasteiger partial charge on any atom is 0.410 e. The van der Waals surface area contributed by atoms with Crippen LogP contribution in [0.15, 0.2) is 53.1 Å². The number of alkyl carbamates (subject to hydrolysis) is 1. The molecule has 1 aliphatic heterocycles. The van der Waals surface area contributed by atoms with Crippen molar-refractivity contribution >= 4 is 23.8 Å². The van der Waals surface area contributed by atoms with Gasteiger partial charge in [-0.3, -0.25) is 9.88 Å². The number of pyridine rings is 1. The summed E-state index contributed by atoms with van der Waals surface area (Å²) in [4.78, 5) is 39.8. The van der Waals surface area contributed by atoms with E-state index < -0.39 is 17.7 Å². The molecule has 0 spiro atoms. The fourth-order valence-electron chi connectivity index (χ4n) is 6.53. The Morgan fingerprint density at radius 1 is 1.13 bits per heavy atom. The van der Waals surface area contributed by atoms with Gasteiger partial charge in [-0.05, 0) is 88.1 Å². The van der Waals surface area contributed by atoms with Gasteiger partial charge in [0.25, 0.3) is 0 Å². The molecular formula is C34H45ClN6O4. The molecule has 0 radical (unpaired) electrons. The minimum Gasteiger partial charge on any atom is -0.443 e. The van der Waals surface area contributed by atoms with E-state index in [0.717, 1.165) is 58.8 Å². The first-order chi connectivity index (χ1) is 21.5. The summed E-state index contributed by atoms with van der Waals surface area (Å²) in [6, 6.07) is 3.56. The maximum absolute atomic E-state index is 13.4. The molecule has 10 nitrogen and oxygen atoms in total. The van der Waals surface area contributed by atoms with Gasteiger partial charge in [0, 0.05) is 50.4 Å². The predicted molar refractivity (Wildman–Crippen MR) is 172 cm³/mol. The summed E-state index contributed by atoms with van der Waals surface area (Å²) in [6.45, 7) is 10.7. The van der Waals surface area contributed by atoms with Crippen molar-refractivity contribution in [3.63, 3.8) is 0 Å². The summed E-state index contributed by atoms with van der Waals surface area (Å²) in [7, 11) is 1.94. The van der Waals surface area contributed by atoms with Gasteiger partial charge in [-0.2, -0.15) is 0 Å². The summed E-state index contributed by atoms with van der Waals surface area (Å²) in [5.74, 6) is -0.177. The highest BCUT2D eigenvalue weighted by Crippen LogP contribution is 2.45. The minimum absolute atomic E-state index is 0.123. The molecule has 6 rings (SSSR count). The quantitative estimate of drug-likeness (QED) is 0.368. The number of ether oxygens (including phenoxy) is 2. The normalized spacial score (nSPS) is 24.8. The van der Waals surface area contributed by atoms with Crippen molar-refractivity contribution in [2.75, 3.05) is 26.2 Å². The molecular weight excluding hydrogens is 592 g/mol. The Morgan fingerprint density at radius 2 is 1.82 bits per heavy atom. The van der Waals surface area contributed by atoms with E-state index >= 15 is 0 Å². The third kappa shape index (κ3) is 6.92. The lowest BCUT2D eigenvalue weighted by Gasteiger charge is -2.40. The van der Waals surface area contributed by atoms with E-state index in [9.17, 15) is 9.59 Å². The molecule has 2 aromatic rings. The number of hydrogen-bond donors (Lipinski definition) is 1. The Bertz CT molecular complexity index is 1500. The van der Waals surface area contributed by atoms with Gasteiger partial charge in [0.2, 0.25) is 0 Å². The molecule has 3 unspecified atom stereocenters. The van der Waals surface area contributed by atoms with E-state index in [1.807, 2.05) is 55.7 Å². The number of aromatic nitrogens is 3. The fourth-order valence-corrected chi connectivity index (χ4v) is 6.65. The Kier molecular flexibility index (Phi) is 8.73. The van der Waals surface area contributed by atoms with Gasteiger partial charge in [-0.1, -0.05) is 24.6 Å². The van der Waals surface area contributed by atoms with Crippen LogP contribution in [0.4, 0.5) is 9.59 Å². The third-order valence-corrected chi connectivity index (χ3v) is 10.3. The number of amides is 2. The number of allylic oxidation sites excluding steroid dienone is 2. The van der Waals surface area contributed by atoms with E-state index in [1.54, 1.807) is 6.33 Å². The highest BCUT2D eigenvalue weighted by Gasteiger charge is 2.45. The van der Waals surface area contributed by atoms with Gasteiger partial charge < -0.3 is 24.3 Å². The number of piperazine rings is 1. The second kappa shape index (κ2) is 12.4. The highest BCUT2D eigenvalue weighted by atomic mass is 35.5. The number of hydrogen-bond acceptors (Lipinski definition) is 7. The molecule has 1 saturated heterocycles. The Hall–Kier alpha value is -3.37. The van der Waals surface area contributed by atoms with Crippen molar-refractivity contribution in [3.8, 4) is 0 Å². The van der Waals surface area contributed by atoms with Crippen LogP contribution in [0.1, 0.15) is 88.8 Å². The Labute approximate surface area is 270 Å². The number of halogens is 1. The van der Waals surface area contributed by atoms with Crippen LogP contribution in [0.3, 0.4) is 0 Å². The monoisotopic (exact) mass is 636 g/mol. The molecule has 0 bridgehead atoms. The molecule has 0 aromatic carbocycles. The minimum atomic E-state index is -0.433. The number of carbonyl (C=O) groups is 2. The van der Waals surface area contributed by atoms with E-state index in [1.165, 1.54) is 0 Å². The van der Waals surface area contributed by atoms with E-state index in [4.69, 9.17) is 26.1 Å². The summed E-state index contributed by atoms with van der Waals surface area (Å²) < 4.78 is 13.6. The highest BCUT2D eigenvalue weighted by molar-refractivity contribution is 6.29. The average molecular weight is 637 g/mol. The predicted octanol–water partition coefficient (Wildman–Crippen LogP) is 6.20. The molecule has 4 aliphatic rings. The molecule has 2 amide bonds. The topological polar surface area (TPSA) is 102 Å². The van der Waals surface area contributed by atoms with Gasteiger partial charge in [0.05, 0.1) is 36.0 Å². The second-order valence-corrected chi connectivity index (χ2v) is 14.1. The van der Waals surface area contributed by atoms with Crippen molar-refractivity contribution in [3.05, 3.63) is 70.1 Å². The van der Waals surface area contributed by atoms with Crippen LogP contribution in [0, 0.1) is 5.92 Å². The van der Waals surface area contributed by atoms with Crippen molar-refractivity contribution in [1.29, 1.82) is 0 Å². The SMILES string of the molecule is CCC(Cl)=CC1=C(C)C(N2CCN(C(=O)OC3(C)CC3)CC2)c2ncccc2CC1C(NC(=O)OC1(C)CC1)c1cncn1C. The Morgan fingerprint density at radius 3 is 2.44 bits per heavy atom. The third-order valence-electron chi connectivity index (χ3n) is 9.91. The summed E-state index contributed by atoms with van der Waals surface area (Å²) in [5, 5.41) is 3.98. The van der Waals surface area contributed by atoms with Crippen molar-refractivity contribution in [1.82, 2.24) is 29.7 Å². The first-order valence-corrected chi connectivity index (χ1v) is 16.6. The molecule has 3 heterocycles. The zero-order chi connectivity index (χ0) is 31.9. The fraction of sp³-hybridized carbons (Fsp3) is 0.588. The van der Waals surface area contributed by atoms with Crippen LogP contribution in [0.5, 0.6) is 0 Å². The van der Waals surface area contributed by atoms with Gasteiger partial charge in [0.15, 0.2) is 0 Å². The molecule has 3 aliphatic carbocycles. The average Bonchev–Trinajstić information content (AvgIpc) is 3.90. The van der Waals surface area contributed by atoms with Crippen molar-refractivity contribution in [2.45, 2.75) is 89.5 Å². The van der Waals surface area contributed by atoms with E-state index in [2.05, 4.69) is 34.3 Å². The van der Waals surface area contributed by atoms with Crippen LogP contribution >= 0.6 is 11.6 Å². The van der Waals surface area contributed by atoms with Gasteiger partial charge >= 0.3 is 12.2 Å². The largest absolute Gasteiger partial charge is 0.443 e. The van der Waals surface area contributed by atoms with Crippen molar-refractivity contribution in [2.24, 2.45) is 13.0 Å². The Balaban J connectivity index is 1.37. The maximum atomic E-state index is 13.4. The molecule has 3 atom stereocenters. The summed E-state index contributed by atoms with van der Waals surface area (Å²) in [6.07, 6.45) is 11.8. The van der Waals surface area contributed by atoms with Crippen LogP contribution in [-0.4, -0.2) is 73.9 Å². The van der Waals surface area contributed by atoms with Gasteiger partial charge in [-0.25, -0.2) is 14.6 Å². The van der Waals surface area contributed by atoms with Gasteiger partial charge in [0.1, 0.15) is 11.2 Å². The van der Waals surface area contributed by atoms with Crippen LogP contribution < -0.4 is 5.32 Å². The lowest BCUT2D eigenvalue weighted by molar-refractivity contribution is 0.0377. The standard InChI is InChI=1S/C34H45ClN6O4/c1-6-24(35)19-25-22(2)30(40-14-16-41(17-15-40)32(43)45-34(4)11-12-34)28-23(8-7-13-37-28)18-26(25)29(27-20-36-21-39(27)5)38-31(42)44-33(3)9-10-33/h7-8,13,19-21,26,29-30H,6,9-12,14-18H2,1-5H3,(H,38,42). The van der Waals surface area contributed by atoms with Crippen LogP contribution in [0.25, 0.3) is 0 Å². The number of nitrogens with one attached hydrogen (secondary N) is 1. The van der Waals surface area contributed by atoms with Crippen LogP contribution in [0.2, 0.25) is 0 Å². The molecule has 3 fully saturated rings. The number of fused-ring (bicyclic) bond motifs is 1. The number of imidazole rings is 1. The molecule has 1 N–H and O–H groups in total. The van der Waals surface area contributed by atoms with Crippen molar-refractivity contribution < 1.29 is 19.1 Å². The molecule has 11 heteroatoms. The number of nitrogens with zero attached hydrogens (tertiary/aromatic N) is 5. The van der Waals surface area contributed by atoms with E-state index in [-0.39, 0.29) is 23.7 Å². The molecule has 45 heavy (non-hydrogen) atoms. The summed E-state index contributed by atoms with van der Waals surface area (Å²) >= 11 is 6.81. The lowest BCUT2D eigenvalue weighted by Crippen LogP contribution is -2.50. The number of aryl methyl sites for hydroxylation is 1. The lowest BCUT2D eigenvalue weighted by atomic mass is 9.83. The van der Waals surface area contributed by atoms with Crippen LogP contribution in [-0.2, 0) is 22.9 Å². The summed E-state index contributed by atoms with van der Waals surface area (Å²) in [5.41, 5.74) is 4.48. The van der Waals surface area contributed by atoms with Gasteiger partial charge in [-0.15, -0.1) is 0 Å². The molecule has 242 valence electrons. The number of rotatable bonds is 8. The molecule has 2 aromatic heterocycles. The first kappa shape index (κ1) is 31.6. The first-order valence-electron chi connectivity index (χ1n) is 16.2. The zero-order valence-corrected chi connectivity index (χ0v) is 27.8. The zero-order valence-electron chi connectivity index (χ0n) is 27.0. The van der Waals surface area contributed by atoms with E-state index in [0.29, 0.717) is 39.0 Å². The number of carbonyl (C=O) groups excluding carboxylic acids is 2. The smallest absolute Gasteiger partial charge is 0.410 e. The molecule has 2 saturated carbocycles.